The summed E-state index contributed by atoms with van der Waals surface area (Å²) in [5.41, 5.74) is 0.841. The van der Waals surface area contributed by atoms with Gasteiger partial charge in [0.25, 0.3) is 0 Å². The first-order valence-electron chi connectivity index (χ1n) is 8.52. The number of carbonyl (C=O) groups excluding carboxylic acids is 1. The van der Waals surface area contributed by atoms with Gasteiger partial charge in [0.2, 0.25) is 5.88 Å². The van der Waals surface area contributed by atoms with Gasteiger partial charge in [0.05, 0.1) is 19.3 Å². The highest BCUT2D eigenvalue weighted by Crippen LogP contribution is 2.26. The number of nitrogens with one attached hydrogen (secondary N) is 1. The van der Waals surface area contributed by atoms with Crippen LogP contribution in [0, 0.1) is 0 Å². The number of aromatic nitrogens is 1. The van der Waals surface area contributed by atoms with Gasteiger partial charge in [0, 0.05) is 25.8 Å². The second-order valence-corrected chi connectivity index (χ2v) is 6.80. The van der Waals surface area contributed by atoms with E-state index < -0.39 is 0 Å². The lowest BCUT2D eigenvalue weighted by Crippen LogP contribution is -2.48. The summed E-state index contributed by atoms with van der Waals surface area (Å²) in [5, 5.41) is 3.37. The molecular formula is C17H24ClN3O3. The highest BCUT2D eigenvalue weighted by atomic mass is 35.5. The maximum absolute atomic E-state index is 12.4. The first-order chi connectivity index (χ1) is 11.7. The van der Waals surface area contributed by atoms with Crippen LogP contribution < -0.4 is 10.1 Å². The van der Waals surface area contributed by atoms with Gasteiger partial charge >= 0.3 is 6.03 Å². The number of piperidine rings is 1. The van der Waals surface area contributed by atoms with Crippen molar-refractivity contribution >= 4 is 17.6 Å². The predicted molar refractivity (Wildman–Crippen MR) is 91.4 cm³/mol. The number of nitrogens with zero attached hydrogens (tertiary/aromatic N) is 2. The molecule has 1 aromatic heterocycles. The normalized spacial score (nSPS) is 21.2. The summed E-state index contributed by atoms with van der Waals surface area (Å²) in [7, 11) is 1.52. The smallest absolute Gasteiger partial charge is 0.317 e. The van der Waals surface area contributed by atoms with Crippen LogP contribution in [0.2, 0.25) is 5.02 Å². The third-order valence-corrected chi connectivity index (χ3v) is 4.87. The number of urea groups is 1. The first-order valence-corrected chi connectivity index (χ1v) is 8.90. The summed E-state index contributed by atoms with van der Waals surface area (Å²) >= 11 is 6.05. The van der Waals surface area contributed by atoms with Crippen LogP contribution in [-0.4, -0.2) is 48.3 Å². The second kappa shape index (κ2) is 8.03. The van der Waals surface area contributed by atoms with Gasteiger partial charge in [0.1, 0.15) is 5.02 Å². The van der Waals surface area contributed by atoms with Gasteiger partial charge in [-0.05, 0) is 43.7 Å². The molecule has 2 fully saturated rings. The van der Waals surface area contributed by atoms with Gasteiger partial charge in [-0.3, -0.25) is 0 Å². The van der Waals surface area contributed by atoms with Crippen LogP contribution in [0.25, 0.3) is 0 Å². The van der Waals surface area contributed by atoms with Crippen LogP contribution in [-0.2, 0) is 11.3 Å². The summed E-state index contributed by atoms with van der Waals surface area (Å²) in [6.07, 6.45) is 7.85. The highest BCUT2D eigenvalue weighted by Gasteiger charge is 2.28. The molecule has 24 heavy (non-hydrogen) atoms. The van der Waals surface area contributed by atoms with Crippen LogP contribution >= 0.6 is 11.6 Å². The summed E-state index contributed by atoms with van der Waals surface area (Å²) in [5.74, 6) is 0.388. The molecule has 1 unspecified atom stereocenters. The topological polar surface area (TPSA) is 63.7 Å². The van der Waals surface area contributed by atoms with Crippen molar-refractivity contribution in [3.63, 3.8) is 0 Å². The molecule has 0 aromatic carbocycles. The largest absolute Gasteiger partial charge is 0.480 e. The van der Waals surface area contributed by atoms with Crippen molar-refractivity contribution in [2.45, 2.75) is 50.9 Å². The number of pyridine rings is 1. The molecule has 3 rings (SSSR count). The van der Waals surface area contributed by atoms with Crippen molar-refractivity contribution in [2.24, 2.45) is 0 Å². The lowest BCUT2D eigenvalue weighted by Gasteiger charge is -2.37. The number of carbonyl (C=O) groups is 1. The van der Waals surface area contributed by atoms with E-state index in [2.05, 4.69) is 10.3 Å². The molecule has 2 heterocycles. The minimum atomic E-state index is -0.0659. The standard InChI is InChI=1S/C17H24ClN3O3/c1-23-16-15(18)8-12(9-19-16)10-20-17(22)21-7-3-6-14(11-21)24-13-4-2-5-13/h8-9,13-14H,2-7,10-11H2,1H3,(H,20,22). The number of hydrogen-bond donors (Lipinski definition) is 1. The Morgan fingerprint density at radius 2 is 2.17 bits per heavy atom. The van der Waals surface area contributed by atoms with Gasteiger partial charge in [-0.1, -0.05) is 11.6 Å². The third-order valence-electron chi connectivity index (χ3n) is 4.60. The molecular weight excluding hydrogens is 330 g/mol. The van der Waals surface area contributed by atoms with Crippen molar-refractivity contribution in [3.05, 3.63) is 22.8 Å². The minimum Gasteiger partial charge on any atom is -0.480 e. The first kappa shape index (κ1) is 17.3. The number of hydrogen-bond acceptors (Lipinski definition) is 4. The van der Waals surface area contributed by atoms with Gasteiger partial charge in [-0.15, -0.1) is 0 Å². The molecule has 2 amide bonds. The molecule has 132 valence electrons. The van der Waals surface area contributed by atoms with E-state index in [9.17, 15) is 4.79 Å². The quantitative estimate of drug-likeness (QED) is 0.883. The number of methoxy groups -OCH3 is 1. The highest BCUT2D eigenvalue weighted by molar-refractivity contribution is 6.31. The zero-order valence-corrected chi connectivity index (χ0v) is 14.7. The van der Waals surface area contributed by atoms with E-state index in [0.29, 0.717) is 30.1 Å². The van der Waals surface area contributed by atoms with Crippen LogP contribution in [0.1, 0.15) is 37.7 Å². The molecule has 0 bridgehead atoms. The predicted octanol–water partition coefficient (Wildman–Crippen LogP) is 2.99. The Hall–Kier alpha value is -1.53. The zero-order valence-electron chi connectivity index (χ0n) is 14.0. The molecule has 1 aliphatic heterocycles. The van der Waals surface area contributed by atoms with Crippen molar-refractivity contribution in [1.82, 2.24) is 15.2 Å². The Morgan fingerprint density at radius 3 is 2.83 bits per heavy atom. The van der Waals surface area contributed by atoms with Gasteiger partial charge in [0.15, 0.2) is 0 Å². The molecule has 0 spiro atoms. The Kier molecular flexibility index (Phi) is 5.79. The summed E-state index contributed by atoms with van der Waals surface area (Å²) < 4.78 is 11.1. The summed E-state index contributed by atoms with van der Waals surface area (Å²) in [4.78, 5) is 18.3. The van der Waals surface area contributed by atoms with E-state index in [0.717, 1.165) is 37.8 Å². The number of amides is 2. The fourth-order valence-corrected chi connectivity index (χ4v) is 3.28. The number of halogens is 1. The molecule has 7 heteroatoms. The number of ether oxygens (including phenoxy) is 2. The Labute approximate surface area is 147 Å². The van der Waals surface area contributed by atoms with Crippen LogP contribution in [0.4, 0.5) is 4.79 Å². The second-order valence-electron chi connectivity index (χ2n) is 6.39. The number of likely N-dealkylation sites (tertiary alicyclic amines) is 1. The molecule has 1 N–H and O–H groups in total. The van der Waals surface area contributed by atoms with Crippen LogP contribution in [0.15, 0.2) is 12.3 Å². The molecule has 6 nitrogen and oxygen atoms in total. The lowest BCUT2D eigenvalue weighted by atomic mass is 9.95. The molecule has 1 aliphatic carbocycles. The maximum atomic E-state index is 12.4. The van der Waals surface area contributed by atoms with Gasteiger partial charge in [-0.25, -0.2) is 9.78 Å². The Balaban J connectivity index is 1.48. The van der Waals surface area contributed by atoms with E-state index in [1.807, 2.05) is 4.90 Å². The van der Waals surface area contributed by atoms with E-state index in [1.165, 1.54) is 13.5 Å². The van der Waals surface area contributed by atoms with E-state index in [1.54, 1.807) is 12.3 Å². The van der Waals surface area contributed by atoms with E-state index in [-0.39, 0.29) is 12.1 Å². The van der Waals surface area contributed by atoms with Gasteiger partial charge in [-0.2, -0.15) is 0 Å². The summed E-state index contributed by atoms with van der Waals surface area (Å²) in [6, 6.07) is 1.69. The summed E-state index contributed by atoms with van der Waals surface area (Å²) in [6.45, 7) is 1.84. The molecule has 1 atom stereocenters. The van der Waals surface area contributed by atoms with E-state index >= 15 is 0 Å². The lowest BCUT2D eigenvalue weighted by molar-refractivity contribution is -0.0720. The minimum absolute atomic E-state index is 0.0659. The molecule has 1 saturated carbocycles. The third kappa shape index (κ3) is 4.30. The average Bonchev–Trinajstić information content (AvgIpc) is 2.56. The van der Waals surface area contributed by atoms with Crippen molar-refractivity contribution in [2.75, 3.05) is 20.2 Å². The zero-order chi connectivity index (χ0) is 16.9. The molecule has 1 saturated heterocycles. The van der Waals surface area contributed by atoms with Crippen molar-refractivity contribution in [3.8, 4) is 5.88 Å². The average molecular weight is 354 g/mol. The molecule has 2 aliphatic rings. The molecule has 0 radical (unpaired) electrons. The maximum Gasteiger partial charge on any atom is 0.317 e. The Bertz CT molecular complexity index is 580. The SMILES string of the molecule is COc1ncc(CNC(=O)N2CCCC(OC3CCC3)C2)cc1Cl. The Morgan fingerprint density at radius 1 is 1.38 bits per heavy atom. The van der Waals surface area contributed by atoms with Crippen molar-refractivity contribution in [1.29, 1.82) is 0 Å². The number of rotatable bonds is 5. The van der Waals surface area contributed by atoms with Crippen LogP contribution in [0.5, 0.6) is 5.88 Å². The fraction of sp³-hybridized carbons (Fsp3) is 0.647. The fourth-order valence-electron chi connectivity index (χ4n) is 3.01. The van der Waals surface area contributed by atoms with E-state index in [4.69, 9.17) is 21.1 Å². The van der Waals surface area contributed by atoms with Gasteiger partial charge < -0.3 is 19.7 Å². The van der Waals surface area contributed by atoms with Crippen LogP contribution in [0.3, 0.4) is 0 Å². The molecule has 1 aromatic rings. The monoisotopic (exact) mass is 353 g/mol. The van der Waals surface area contributed by atoms with Crippen molar-refractivity contribution < 1.29 is 14.3 Å².